The smallest absolute Gasteiger partial charge is 0.306 e. The Morgan fingerprint density at radius 2 is 1.75 bits per heavy atom. The Morgan fingerprint density at radius 3 is 2.33 bits per heavy atom. The molecule has 3 N–H and O–H groups in total. The van der Waals surface area contributed by atoms with Crippen LogP contribution in [-0.4, -0.2) is 31.9 Å². The molecule has 0 spiro atoms. The van der Waals surface area contributed by atoms with Crippen molar-refractivity contribution in [3.63, 3.8) is 0 Å². The van der Waals surface area contributed by atoms with Gasteiger partial charge in [0.1, 0.15) is 11.5 Å². The van der Waals surface area contributed by atoms with Crippen LogP contribution >= 0.6 is 11.6 Å². The number of hydrogen-bond acceptors (Lipinski definition) is 4. The number of primary sulfonamides is 1. The van der Waals surface area contributed by atoms with E-state index in [0.29, 0.717) is 10.7 Å². The van der Waals surface area contributed by atoms with E-state index in [1.807, 2.05) is 0 Å². The Kier molecular flexibility index (Phi) is 7.30. The molecule has 1 saturated carbocycles. The van der Waals surface area contributed by atoms with Gasteiger partial charge in [-0.1, -0.05) is 35.9 Å². The fourth-order valence-electron chi connectivity index (χ4n) is 3.79. The van der Waals surface area contributed by atoms with Crippen LogP contribution in [-0.2, 0) is 14.8 Å². The third kappa shape index (κ3) is 5.84. The molecule has 0 heterocycles. The lowest BCUT2D eigenvalue weighted by Gasteiger charge is -2.34. The molecule has 0 aromatic heterocycles. The van der Waals surface area contributed by atoms with Gasteiger partial charge in [-0.25, -0.2) is 32.8 Å². The van der Waals surface area contributed by atoms with E-state index in [0.717, 1.165) is 23.9 Å². The Labute approximate surface area is 213 Å². The Morgan fingerprint density at radius 1 is 1.08 bits per heavy atom. The van der Waals surface area contributed by atoms with Crippen molar-refractivity contribution in [1.29, 1.82) is 0 Å². The molecule has 11 heteroatoms. The van der Waals surface area contributed by atoms with Crippen LogP contribution in [0.15, 0.2) is 71.6 Å². The summed E-state index contributed by atoms with van der Waals surface area (Å²) in [4.78, 5) is 25.8. The fourth-order valence-corrected chi connectivity index (χ4v) is 4.68. The van der Waals surface area contributed by atoms with Gasteiger partial charge in [0.2, 0.25) is 15.9 Å². The molecule has 1 aliphatic carbocycles. The van der Waals surface area contributed by atoms with Gasteiger partial charge in [0.15, 0.2) is 0 Å². The van der Waals surface area contributed by atoms with E-state index in [2.05, 4.69) is 5.32 Å². The SMILES string of the molecule is CC(=O)N(c1ccc(-c2ccccc2S(N)(=O)=O)cc1F)N(CC1CC1)C(=O)Nc1ccc(Cl)cc1. The van der Waals surface area contributed by atoms with Crippen molar-refractivity contribution in [3.05, 3.63) is 77.6 Å². The molecule has 1 fully saturated rings. The van der Waals surface area contributed by atoms with Gasteiger partial charge < -0.3 is 5.32 Å². The summed E-state index contributed by atoms with van der Waals surface area (Å²) in [5.74, 6) is -1.20. The molecule has 0 aliphatic heterocycles. The fraction of sp³-hybridized carbons (Fsp3) is 0.200. The standard InChI is InChI=1S/C25H24ClFN4O4S/c1-16(32)31(30(15-17-6-7-17)25(33)29-20-11-9-19(26)10-12-20)23-13-8-18(14-22(23)27)21-4-2-3-5-24(21)36(28,34)35/h2-5,8-14,17H,6-7,15H2,1H3,(H,29,33)(H2,28,34,35). The van der Waals surface area contributed by atoms with Gasteiger partial charge in [-0.2, -0.15) is 0 Å². The van der Waals surface area contributed by atoms with Gasteiger partial charge in [0.25, 0.3) is 0 Å². The average Bonchev–Trinajstić information content (AvgIpc) is 3.64. The lowest BCUT2D eigenvalue weighted by atomic mass is 10.0. The van der Waals surface area contributed by atoms with Crippen molar-refractivity contribution >= 4 is 44.9 Å². The summed E-state index contributed by atoms with van der Waals surface area (Å²) in [7, 11) is -4.05. The monoisotopic (exact) mass is 530 g/mol. The molecule has 3 amide bonds. The number of nitrogens with zero attached hydrogens (tertiary/aromatic N) is 2. The van der Waals surface area contributed by atoms with Crippen LogP contribution in [0.5, 0.6) is 0 Å². The molecule has 36 heavy (non-hydrogen) atoms. The predicted octanol–water partition coefficient (Wildman–Crippen LogP) is 5.01. The van der Waals surface area contributed by atoms with E-state index in [1.54, 1.807) is 30.3 Å². The molecule has 1 aliphatic rings. The lowest BCUT2D eigenvalue weighted by molar-refractivity contribution is -0.119. The number of nitrogens with two attached hydrogens (primary N) is 1. The molecule has 188 valence electrons. The van der Waals surface area contributed by atoms with Gasteiger partial charge in [-0.05, 0) is 66.8 Å². The van der Waals surface area contributed by atoms with Crippen LogP contribution in [0.4, 0.5) is 20.6 Å². The highest BCUT2D eigenvalue weighted by Gasteiger charge is 2.34. The number of rotatable bonds is 6. The quantitative estimate of drug-likeness (QED) is 0.436. The third-order valence-corrected chi connectivity index (χ3v) is 6.90. The molecule has 0 atom stereocenters. The largest absolute Gasteiger partial charge is 0.341 e. The van der Waals surface area contributed by atoms with E-state index < -0.39 is 27.8 Å². The number of sulfonamides is 1. The summed E-state index contributed by atoms with van der Waals surface area (Å²) in [6.45, 7) is 1.45. The summed E-state index contributed by atoms with van der Waals surface area (Å²) in [5, 5.41) is 10.7. The molecule has 0 unspecified atom stereocenters. The number of nitrogens with one attached hydrogen (secondary N) is 1. The van der Waals surface area contributed by atoms with Crippen molar-refractivity contribution in [2.24, 2.45) is 11.1 Å². The zero-order valence-electron chi connectivity index (χ0n) is 19.3. The number of halogens is 2. The van der Waals surface area contributed by atoms with Crippen molar-refractivity contribution < 1.29 is 22.4 Å². The summed E-state index contributed by atoms with van der Waals surface area (Å²) in [6.07, 6.45) is 1.78. The minimum Gasteiger partial charge on any atom is -0.306 e. The first-order valence-electron chi connectivity index (χ1n) is 11.1. The maximum atomic E-state index is 15.5. The van der Waals surface area contributed by atoms with Gasteiger partial charge in [-0.3, -0.25) is 4.79 Å². The van der Waals surface area contributed by atoms with Crippen LogP contribution in [0.3, 0.4) is 0 Å². The lowest BCUT2D eigenvalue weighted by Crippen LogP contribution is -2.52. The second kappa shape index (κ2) is 10.3. The molecule has 3 aromatic rings. The third-order valence-electron chi connectivity index (χ3n) is 5.68. The first-order chi connectivity index (χ1) is 17.0. The van der Waals surface area contributed by atoms with Crippen LogP contribution in [0, 0.1) is 11.7 Å². The first-order valence-corrected chi connectivity index (χ1v) is 13.0. The van der Waals surface area contributed by atoms with E-state index >= 15 is 4.39 Å². The minimum absolute atomic E-state index is 0.147. The highest BCUT2D eigenvalue weighted by molar-refractivity contribution is 7.89. The topological polar surface area (TPSA) is 113 Å². The summed E-state index contributed by atoms with van der Waals surface area (Å²) in [6, 6.07) is 15.7. The van der Waals surface area contributed by atoms with Crippen LogP contribution in [0.2, 0.25) is 5.02 Å². The molecule has 0 radical (unpaired) electrons. The summed E-state index contributed by atoms with van der Waals surface area (Å²) >= 11 is 5.91. The molecule has 4 rings (SSSR count). The van der Waals surface area contributed by atoms with Crippen molar-refractivity contribution in [2.75, 3.05) is 16.9 Å². The van der Waals surface area contributed by atoms with Crippen molar-refractivity contribution in [2.45, 2.75) is 24.7 Å². The number of benzene rings is 3. The van der Waals surface area contributed by atoms with Gasteiger partial charge in [-0.15, -0.1) is 0 Å². The van der Waals surface area contributed by atoms with Crippen molar-refractivity contribution in [1.82, 2.24) is 5.01 Å². The molecule has 0 saturated heterocycles. The molecule has 3 aromatic carbocycles. The number of hydrogen-bond donors (Lipinski definition) is 2. The molecular weight excluding hydrogens is 507 g/mol. The zero-order valence-corrected chi connectivity index (χ0v) is 20.9. The second-order valence-corrected chi connectivity index (χ2v) is 10.5. The number of hydrazine groups is 1. The average molecular weight is 531 g/mol. The molecular formula is C25H24ClFN4O4S. The van der Waals surface area contributed by atoms with Gasteiger partial charge in [0.05, 0.1) is 4.90 Å². The predicted molar refractivity (Wildman–Crippen MR) is 136 cm³/mol. The molecule has 8 nitrogen and oxygen atoms in total. The number of amides is 3. The highest BCUT2D eigenvalue weighted by atomic mass is 35.5. The minimum atomic E-state index is -4.05. The Bertz CT molecular complexity index is 1410. The highest BCUT2D eigenvalue weighted by Crippen LogP contribution is 2.34. The van der Waals surface area contributed by atoms with E-state index in [1.165, 1.54) is 42.3 Å². The van der Waals surface area contributed by atoms with Gasteiger partial charge in [0, 0.05) is 29.7 Å². The van der Waals surface area contributed by atoms with Crippen molar-refractivity contribution in [3.8, 4) is 11.1 Å². The van der Waals surface area contributed by atoms with Crippen LogP contribution in [0.1, 0.15) is 19.8 Å². The first kappa shape index (κ1) is 25.6. The number of urea groups is 1. The number of anilines is 2. The van der Waals surface area contributed by atoms with Gasteiger partial charge >= 0.3 is 6.03 Å². The summed E-state index contributed by atoms with van der Waals surface area (Å²) < 4.78 is 39.5. The van der Waals surface area contributed by atoms with E-state index in [9.17, 15) is 18.0 Å². The summed E-state index contributed by atoms with van der Waals surface area (Å²) in [5.41, 5.74) is 0.786. The maximum absolute atomic E-state index is 15.5. The Hall–Kier alpha value is -3.47. The zero-order chi connectivity index (χ0) is 26.0. The Balaban J connectivity index is 1.70. The molecule has 0 bridgehead atoms. The number of carbonyl (C=O) groups is 2. The maximum Gasteiger partial charge on any atom is 0.341 e. The van der Waals surface area contributed by atoms with Crippen LogP contribution < -0.4 is 15.5 Å². The van der Waals surface area contributed by atoms with Crippen LogP contribution in [0.25, 0.3) is 11.1 Å². The second-order valence-electron chi connectivity index (χ2n) is 8.50. The van der Waals surface area contributed by atoms with E-state index in [4.69, 9.17) is 16.7 Å². The number of carbonyl (C=O) groups excluding carboxylic acids is 2. The normalized spacial score (nSPS) is 13.2. The van der Waals surface area contributed by atoms with E-state index in [-0.39, 0.29) is 34.2 Å².